The molecule has 3 aromatic rings. The second kappa shape index (κ2) is 6.35. The summed E-state index contributed by atoms with van der Waals surface area (Å²) in [7, 11) is 0. The van der Waals surface area contributed by atoms with Crippen LogP contribution in [0.4, 0.5) is 0 Å². The molecule has 0 spiro atoms. The van der Waals surface area contributed by atoms with Crippen LogP contribution in [-0.2, 0) is 5.60 Å². The molecule has 146 valence electrons. The molecule has 0 aromatic heterocycles. The van der Waals surface area contributed by atoms with Crippen LogP contribution in [0.2, 0.25) is 0 Å². The first-order valence-corrected chi connectivity index (χ1v) is 8.68. The first kappa shape index (κ1) is 18.5. The van der Waals surface area contributed by atoms with Gasteiger partial charge in [0.2, 0.25) is 0 Å². The number of ketones is 1. The Morgan fingerprint density at radius 1 is 0.828 bits per heavy atom. The van der Waals surface area contributed by atoms with E-state index in [0.717, 1.165) is 0 Å². The van der Waals surface area contributed by atoms with Gasteiger partial charge in [-0.1, -0.05) is 6.07 Å². The Balaban J connectivity index is 2.08. The molecule has 0 fully saturated rings. The molecule has 1 aliphatic heterocycles. The summed E-state index contributed by atoms with van der Waals surface area (Å²) in [5.74, 6) is -1.53. The van der Waals surface area contributed by atoms with Crippen molar-refractivity contribution in [3.05, 3.63) is 82.4 Å². The van der Waals surface area contributed by atoms with Crippen molar-refractivity contribution in [2.75, 3.05) is 0 Å². The average Bonchev–Trinajstić information content (AvgIpc) is 2.66. The van der Waals surface area contributed by atoms with Gasteiger partial charge in [0.15, 0.2) is 5.78 Å². The second-order valence-electron chi connectivity index (χ2n) is 6.80. The van der Waals surface area contributed by atoms with Crippen LogP contribution in [0.25, 0.3) is 0 Å². The lowest BCUT2D eigenvalue weighted by Crippen LogP contribution is -2.34. The Labute approximate surface area is 165 Å². The van der Waals surface area contributed by atoms with Gasteiger partial charge in [-0.05, 0) is 43.3 Å². The van der Waals surface area contributed by atoms with E-state index in [2.05, 4.69) is 0 Å². The zero-order valence-electron chi connectivity index (χ0n) is 15.2. The molecule has 4 rings (SSSR count). The number of Topliss-reactive ketones (excluding diaryl/α,β-unsaturated/α-hetero) is 1. The molecule has 0 saturated carbocycles. The van der Waals surface area contributed by atoms with Crippen LogP contribution in [0.3, 0.4) is 0 Å². The Bertz CT molecular complexity index is 1130. The minimum Gasteiger partial charge on any atom is -0.508 e. The van der Waals surface area contributed by atoms with E-state index < -0.39 is 17.4 Å². The molecule has 4 N–H and O–H groups in total. The predicted molar refractivity (Wildman–Crippen MR) is 102 cm³/mol. The third kappa shape index (κ3) is 2.79. The van der Waals surface area contributed by atoms with Crippen molar-refractivity contribution in [2.45, 2.75) is 12.5 Å². The maximum Gasteiger partial charge on any atom is 0.335 e. The Kier molecular flexibility index (Phi) is 4.06. The minimum atomic E-state index is -1.89. The highest BCUT2D eigenvalue weighted by molar-refractivity contribution is 5.99. The van der Waals surface area contributed by atoms with Crippen LogP contribution in [0.15, 0.2) is 54.6 Å². The maximum absolute atomic E-state index is 12.3. The molecule has 7 nitrogen and oxygen atoms in total. The second-order valence-corrected chi connectivity index (χ2v) is 6.80. The van der Waals surface area contributed by atoms with Gasteiger partial charge in [0.1, 0.15) is 28.6 Å². The number of ether oxygens (including phenoxy) is 1. The summed E-state index contributed by atoms with van der Waals surface area (Å²) in [6.07, 6.45) is 0. The van der Waals surface area contributed by atoms with E-state index >= 15 is 0 Å². The summed E-state index contributed by atoms with van der Waals surface area (Å²) in [6, 6.07) is 12.2. The number of benzene rings is 3. The standard InChI is InChI=1S/C22H16O7/c1-11(23)15-8-12(21(26)27)2-5-16(15)22(28)17-6-3-13(24)9-19(17)29-20-10-14(25)4-7-18(20)22/h2-10,24-25,28H,1H3,(H,26,27). The van der Waals surface area contributed by atoms with Crippen LogP contribution in [0.5, 0.6) is 23.0 Å². The van der Waals surface area contributed by atoms with Crippen molar-refractivity contribution < 1.29 is 34.8 Å². The number of phenolic OH excluding ortho intramolecular Hbond substituents is 2. The van der Waals surface area contributed by atoms with Crippen LogP contribution in [0.1, 0.15) is 44.3 Å². The highest BCUT2D eigenvalue weighted by atomic mass is 16.5. The molecule has 0 amide bonds. The number of carbonyl (C=O) groups is 2. The molecule has 0 atom stereocenters. The van der Waals surface area contributed by atoms with Crippen molar-refractivity contribution in [1.82, 2.24) is 0 Å². The van der Waals surface area contributed by atoms with Gasteiger partial charge in [0.25, 0.3) is 0 Å². The number of aliphatic hydroxyl groups is 1. The predicted octanol–water partition coefficient (Wildman–Crippen LogP) is 3.39. The monoisotopic (exact) mass is 392 g/mol. The van der Waals surface area contributed by atoms with Gasteiger partial charge in [-0.2, -0.15) is 0 Å². The lowest BCUT2D eigenvalue weighted by atomic mass is 9.75. The van der Waals surface area contributed by atoms with E-state index in [4.69, 9.17) is 4.74 Å². The molecule has 1 aliphatic rings. The smallest absolute Gasteiger partial charge is 0.335 e. The van der Waals surface area contributed by atoms with Crippen LogP contribution >= 0.6 is 0 Å². The number of rotatable bonds is 3. The van der Waals surface area contributed by atoms with Crippen molar-refractivity contribution in [1.29, 1.82) is 0 Å². The van der Waals surface area contributed by atoms with Gasteiger partial charge in [-0.15, -0.1) is 0 Å². The number of hydrogen-bond donors (Lipinski definition) is 4. The first-order valence-electron chi connectivity index (χ1n) is 8.68. The van der Waals surface area contributed by atoms with Crippen LogP contribution < -0.4 is 4.74 Å². The zero-order chi connectivity index (χ0) is 20.9. The molecular formula is C22H16O7. The number of aromatic carboxylic acids is 1. The molecule has 0 aliphatic carbocycles. The summed E-state index contributed by atoms with van der Waals surface area (Å²) >= 11 is 0. The Hall–Kier alpha value is -3.84. The quantitative estimate of drug-likeness (QED) is 0.504. The number of aromatic hydroxyl groups is 2. The van der Waals surface area contributed by atoms with E-state index in [-0.39, 0.29) is 50.8 Å². The summed E-state index contributed by atoms with van der Waals surface area (Å²) in [4.78, 5) is 23.7. The maximum atomic E-state index is 12.3. The molecule has 0 radical (unpaired) electrons. The van der Waals surface area contributed by atoms with Crippen molar-refractivity contribution in [2.24, 2.45) is 0 Å². The molecule has 7 heteroatoms. The SMILES string of the molecule is CC(=O)c1cc(C(=O)O)ccc1C1(O)c2ccc(O)cc2Oc2cc(O)ccc21. The van der Waals surface area contributed by atoms with E-state index in [9.17, 15) is 30.0 Å². The molecule has 0 bridgehead atoms. The summed E-state index contributed by atoms with van der Waals surface area (Å²) < 4.78 is 5.76. The number of phenols is 2. The number of carboxylic acids is 1. The number of carbonyl (C=O) groups excluding carboxylic acids is 1. The van der Waals surface area contributed by atoms with E-state index in [1.807, 2.05) is 0 Å². The fraction of sp³-hybridized carbons (Fsp3) is 0.0909. The van der Waals surface area contributed by atoms with E-state index in [0.29, 0.717) is 0 Å². The Morgan fingerprint density at radius 3 is 1.83 bits per heavy atom. The molecule has 1 heterocycles. The third-order valence-corrected chi connectivity index (χ3v) is 4.97. The van der Waals surface area contributed by atoms with E-state index in [1.54, 1.807) is 0 Å². The van der Waals surface area contributed by atoms with Gasteiger partial charge < -0.3 is 25.2 Å². The number of hydrogen-bond acceptors (Lipinski definition) is 6. The average molecular weight is 392 g/mol. The molecular weight excluding hydrogens is 376 g/mol. The number of carboxylic acid groups (broad SMARTS) is 1. The fourth-order valence-electron chi connectivity index (χ4n) is 3.63. The highest BCUT2D eigenvalue weighted by Crippen LogP contribution is 2.52. The summed E-state index contributed by atoms with van der Waals surface area (Å²) in [6.45, 7) is 1.28. The lowest BCUT2D eigenvalue weighted by Gasteiger charge is -2.37. The normalized spacial score (nSPS) is 13.7. The first-order chi connectivity index (χ1) is 13.7. The summed E-state index contributed by atoms with van der Waals surface area (Å²) in [5, 5.41) is 40.9. The van der Waals surface area contributed by atoms with Crippen molar-refractivity contribution >= 4 is 11.8 Å². The molecule has 0 saturated heterocycles. The van der Waals surface area contributed by atoms with Gasteiger partial charge in [0.05, 0.1) is 5.56 Å². The van der Waals surface area contributed by atoms with Gasteiger partial charge >= 0.3 is 5.97 Å². The minimum absolute atomic E-state index is 0.0346. The van der Waals surface area contributed by atoms with E-state index in [1.165, 1.54) is 61.5 Å². The van der Waals surface area contributed by atoms with Gasteiger partial charge in [-0.25, -0.2) is 4.79 Å². The van der Waals surface area contributed by atoms with Gasteiger partial charge in [0, 0.05) is 34.4 Å². The van der Waals surface area contributed by atoms with Crippen LogP contribution in [0, 0.1) is 0 Å². The topological polar surface area (TPSA) is 124 Å². The van der Waals surface area contributed by atoms with Gasteiger partial charge in [-0.3, -0.25) is 4.79 Å². The third-order valence-electron chi connectivity index (χ3n) is 4.97. The van der Waals surface area contributed by atoms with Crippen molar-refractivity contribution in [3.8, 4) is 23.0 Å². The number of fused-ring (bicyclic) bond motifs is 2. The lowest BCUT2D eigenvalue weighted by molar-refractivity contribution is 0.0696. The van der Waals surface area contributed by atoms with Crippen molar-refractivity contribution in [3.63, 3.8) is 0 Å². The highest BCUT2D eigenvalue weighted by Gasteiger charge is 2.44. The van der Waals surface area contributed by atoms with Crippen LogP contribution in [-0.4, -0.2) is 32.2 Å². The molecule has 29 heavy (non-hydrogen) atoms. The Morgan fingerprint density at radius 2 is 1.34 bits per heavy atom. The zero-order valence-corrected chi connectivity index (χ0v) is 15.2. The molecule has 0 unspecified atom stereocenters. The summed E-state index contributed by atoms with van der Waals surface area (Å²) in [5.41, 5.74) is -1.25. The molecule has 3 aromatic carbocycles. The largest absolute Gasteiger partial charge is 0.508 e. The fourth-order valence-corrected chi connectivity index (χ4v) is 3.63.